The van der Waals surface area contributed by atoms with Crippen LogP contribution in [-0.4, -0.2) is 16.1 Å². The van der Waals surface area contributed by atoms with E-state index in [2.05, 4.69) is 29.4 Å². The first-order chi connectivity index (χ1) is 12.4. The lowest BCUT2D eigenvalue weighted by atomic mass is 10.1. The third-order valence-corrected chi connectivity index (χ3v) is 4.51. The number of rotatable bonds is 5. The Morgan fingerprint density at radius 3 is 2.92 bits per heavy atom. The second kappa shape index (κ2) is 7.61. The fraction of sp³-hybridized carbons (Fsp3) is 0.263. The van der Waals surface area contributed by atoms with Crippen molar-refractivity contribution < 1.29 is 9.21 Å². The molecule has 7 heteroatoms. The fourth-order valence-electron chi connectivity index (χ4n) is 2.42. The second-order valence-electron chi connectivity index (χ2n) is 6.44. The lowest BCUT2D eigenvalue weighted by Gasteiger charge is -2.00. The Morgan fingerprint density at radius 2 is 2.15 bits per heavy atom. The van der Waals surface area contributed by atoms with Crippen LogP contribution in [0.5, 0.6) is 0 Å². The number of aromatic nitrogens is 2. The van der Waals surface area contributed by atoms with Crippen molar-refractivity contribution in [2.75, 3.05) is 5.32 Å². The molecule has 0 spiro atoms. The highest BCUT2D eigenvalue weighted by molar-refractivity contribution is 7.15. The van der Waals surface area contributed by atoms with Crippen LogP contribution in [0.2, 0.25) is 0 Å². The lowest BCUT2D eigenvalue weighted by Crippen LogP contribution is -2.09. The van der Waals surface area contributed by atoms with E-state index in [0.29, 0.717) is 27.6 Å². The van der Waals surface area contributed by atoms with Gasteiger partial charge in [0.25, 0.3) is 0 Å². The topological polar surface area (TPSA) is 85.1 Å². The van der Waals surface area contributed by atoms with Crippen LogP contribution in [-0.2, 0) is 11.2 Å². The van der Waals surface area contributed by atoms with Crippen LogP contribution in [0.4, 0.5) is 5.13 Å². The Hall–Kier alpha value is -2.80. The first kappa shape index (κ1) is 18.0. The molecular weight excluding hydrogens is 350 g/mol. The van der Waals surface area contributed by atoms with Gasteiger partial charge in [-0.25, -0.2) is 0 Å². The molecule has 134 valence electrons. The number of anilines is 1. The van der Waals surface area contributed by atoms with Crippen molar-refractivity contribution in [1.82, 2.24) is 10.2 Å². The van der Waals surface area contributed by atoms with E-state index < -0.39 is 0 Å². The number of carbonyl (C=O) groups excluding carboxylic acids is 1. The molecule has 3 aromatic rings. The molecule has 1 amide bonds. The zero-order chi connectivity index (χ0) is 18.7. The Labute approximate surface area is 154 Å². The standard InChI is InChI=1S/C19H19N3O3S/c1-11(2)8-17-21-22-19(26-17)20-16(23)7-5-13-10-25-15-6-4-12(3)9-14(15)18(13)24/h4-7,9-11H,8H2,1-3H3,(H,20,22,23)/b7-5+. The van der Waals surface area contributed by atoms with Gasteiger partial charge in [0.2, 0.25) is 11.0 Å². The molecule has 0 aliphatic carbocycles. The molecule has 0 aliphatic heterocycles. The number of carbonyl (C=O) groups is 1. The molecule has 0 saturated heterocycles. The van der Waals surface area contributed by atoms with E-state index in [4.69, 9.17) is 4.42 Å². The van der Waals surface area contributed by atoms with Crippen LogP contribution < -0.4 is 10.7 Å². The molecule has 26 heavy (non-hydrogen) atoms. The van der Waals surface area contributed by atoms with Gasteiger partial charge in [-0.15, -0.1) is 10.2 Å². The van der Waals surface area contributed by atoms with Crippen LogP contribution >= 0.6 is 11.3 Å². The number of hydrogen-bond donors (Lipinski definition) is 1. The van der Waals surface area contributed by atoms with Crippen LogP contribution in [0.15, 0.2) is 39.7 Å². The first-order valence-electron chi connectivity index (χ1n) is 8.26. The Balaban J connectivity index is 1.74. The lowest BCUT2D eigenvalue weighted by molar-refractivity contribution is -0.111. The highest BCUT2D eigenvalue weighted by Crippen LogP contribution is 2.18. The van der Waals surface area contributed by atoms with Crippen molar-refractivity contribution in [3.8, 4) is 0 Å². The van der Waals surface area contributed by atoms with Crippen LogP contribution in [0.25, 0.3) is 17.0 Å². The molecule has 0 aliphatic rings. The molecule has 0 saturated carbocycles. The minimum absolute atomic E-state index is 0.172. The van der Waals surface area contributed by atoms with Gasteiger partial charge in [0, 0.05) is 12.5 Å². The van der Waals surface area contributed by atoms with Crippen molar-refractivity contribution >= 4 is 39.4 Å². The molecule has 0 fully saturated rings. The van der Waals surface area contributed by atoms with Gasteiger partial charge in [-0.3, -0.25) is 14.9 Å². The summed E-state index contributed by atoms with van der Waals surface area (Å²) in [6.07, 6.45) is 4.91. The number of benzene rings is 1. The van der Waals surface area contributed by atoms with Gasteiger partial charge in [0.05, 0.1) is 10.9 Å². The van der Waals surface area contributed by atoms with Gasteiger partial charge in [0.15, 0.2) is 5.43 Å². The maximum atomic E-state index is 12.5. The summed E-state index contributed by atoms with van der Waals surface area (Å²) in [6, 6.07) is 5.41. The van der Waals surface area contributed by atoms with E-state index in [1.807, 2.05) is 13.0 Å². The molecule has 2 heterocycles. The predicted molar refractivity (Wildman–Crippen MR) is 103 cm³/mol. The molecule has 0 radical (unpaired) electrons. The maximum Gasteiger partial charge on any atom is 0.250 e. The van der Waals surface area contributed by atoms with E-state index in [-0.39, 0.29) is 11.3 Å². The van der Waals surface area contributed by atoms with E-state index in [1.54, 1.807) is 12.1 Å². The summed E-state index contributed by atoms with van der Waals surface area (Å²) in [5.74, 6) is 0.100. The molecule has 3 rings (SSSR count). The number of fused-ring (bicyclic) bond motifs is 1. The van der Waals surface area contributed by atoms with Gasteiger partial charge >= 0.3 is 0 Å². The highest BCUT2D eigenvalue weighted by atomic mass is 32.1. The average Bonchev–Trinajstić information content (AvgIpc) is 3.01. The molecule has 1 aromatic carbocycles. The zero-order valence-corrected chi connectivity index (χ0v) is 15.6. The third kappa shape index (κ3) is 4.23. The summed E-state index contributed by atoms with van der Waals surface area (Å²) in [5, 5.41) is 12.5. The summed E-state index contributed by atoms with van der Waals surface area (Å²) in [6.45, 7) is 6.10. The van der Waals surface area contributed by atoms with Crippen LogP contribution in [0, 0.1) is 12.8 Å². The molecular formula is C19H19N3O3S. The summed E-state index contributed by atoms with van der Waals surface area (Å²) in [5.41, 5.74) is 1.64. The summed E-state index contributed by atoms with van der Waals surface area (Å²) >= 11 is 1.35. The van der Waals surface area contributed by atoms with E-state index >= 15 is 0 Å². The van der Waals surface area contributed by atoms with Crippen molar-refractivity contribution in [2.45, 2.75) is 27.2 Å². The summed E-state index contributed by atoms with van der Waals surface area (Å²) < 4.78 is 5.47. The SMILES string of the molecule is Cc1ccc2occ(/C=C/C(=O)Nc3nnc(CC(C)C)s3)c(=O)c2c1. The van der Waals surface area contributed by atoms with E-state index in [9.17, 15) is 9.59 Å². The summed E-state index contributed by atoms with van der Waals surface area (Å²) in [4.78, 5) is 24.5. The van der Waals surface area contributed by atoms with Gasteiger partial charge in [-0.05, 0) is 31.1 Å². The second-order valence-corrected chi connectivity index (χ2v) is 7.50. The first-order valence-corrected chi connectivity index (χ1v) is 9.07. The number of nitrogens with zero attached hydrogens (tertiary/aromatic N) is 2. The van der Waals surface area contributed by atoms with Crippen molar-refractivity contribution in [1.29, 1.82) is 0 Å². The minimum Gasteiger partial charge on any atom is -0.463 e. The molecule has 6 nitrogen and oxygen atoms in total. The Morgan fingerprint density at radius 1 is 1.35 bits per heavy atom. The minimum atomic E-state index is -0.374. The molecule has 2 aromatic heterocycles. The average molecular weight is 369 g/mol. The predicted octanol–water partition coefficient (Wildman–Crippen LogP) is 3.80. The van der Waals surface area contributed by atoms with Gasteiger partial charge in [-0.1, -0.05) is 36.8 Å². The fourth-order valence-corrected chi connectivity index (χ4v) is 3.38. The smallest absolute Gasteiger partial charge is 0.250 e. The molecule has 0 unspecified atom stereocenters. The van der Waals surface area contributed by atoms with Gasteiger partial charge in [0.1, 0.15) is 16.9 Å². The number of amides is 1. The quantitative estimate of drug-likeness (QED) is 0.691. The Bertz CT molecular complexity index is 1030. The largest absolute Gasteiger partial charge is 0.463 e. The molecule has 1 N–H and O–H groups in total. The number of hydrogen-bond acceptors (Lipinski definition) is 6. The van der Waals surface area contributed by atoms with Crippen LogP contribution in [0.3, 0.4) is 0 Å². The normalized spacial score (nSPS) is 11.5. The maximum absolute atomic E-state index is 12.5. The van der Waals surface area contributed by atoms with Gasteiger partial charge < -0.3 is 4.42 Å². The highest BCUT2D eigenvalue weighted by Gasteiger charge is 2.09. The zero-order valence-electron chi connectivity index (χ0n) is 14.8. The summed E-state index contributed by atoms with van der Waals surface area (Å²) in [7, 11) is 0. The van der Waals surface area contributed by atoms with E-state index in [1.165, 1.54) is 29.8 Å². The number of nitrogens with one attached hydrogen (secondary N) is 1. The van der Waals surface area contributed by atoms with Gasteiger partial charge in [-0.2, -0.15) is 0 Å². The monoisotopic (exact) mass is 369 g/mol. The Kier molecular flexibility index (Phi) is 5.27. The van der Waals surface area contributed by atoms with Crippen molar-refractivity contribution in [3.05, 3.63) is 56.9 Å². The van der Waals surface area contributed by atoms with E-state index in [0.717, 1.165) is 17.0 Å². The van der Waals surface area contributed by atoms with Crippen molar-refractivity contribution in [3.63, 3.8) is 0 Å². The number of aryl methyl sites for hydroxylation is 1. The third-order valence-electron chi connectivity index (χ3n) is 3.65. The van der Waals surface area contributed by atoms with Crippen LogP contribution in [0.1, 0.15) is 30.0 Å². The van der Waals surface area contributed by atoms with Crippen molar-refractivity contribution in [2.24, 2.45) is 5.92 Å². The molecule has 0 bridgehead atoms. The molecule has 0 atom stereocenters.